The van der Waals surface area contributed by atoms with Gasteiger partial charge >= 0.3 is 0 Å². The van der Waals surface area contributed by atoms with Gasteiger partial charge in [0.1, 0.15) is 0 Å². The molecule has 1 heterocycles. The molecular weight excluding hydrogens is 240 g/mol. The highest BCUT2D eigenvalue weighted by molar-refractivity contribution is 5.77. The lowest BCUT2D eigenvalue weighted by Crippen LogP contribution is -2.44. The van der Waals surface area contributed by atoms with Crippen molar-refractivity contribution in [3.05, 3.63) is 0 Å². The minimum absolute atomic E-state index is 0.0686. The number of rotatable bonds is 4. The number of carbonyl (C=O) groups is 1. The topological polar surface area (TPSA) is 64.4 Å². The van der Waals surface area contributed by atoms with Gasteiger partial charge in [-0.05, 0) is 44.6 Å². The van der Waals surface area contributed by atoms with Crippen molar-refractivity contribution in [1.82, 2.24) is 5.32 Å². The van der Waals surface area contributed by atoms with Gasteiger partial charge in [-0.1, -0.05) is 19.3 Å². The van der Waals surface area contributed by atoms with E-state index in [9.17, 15) is 4.79 Å². The number of hydrogen-bond donors (Lipinski definition) is 2. The Morgan fingerprint density at radius 1 is 1.37 bits per heavy atom. The van der Waals surface area contributed by atoms with E-state index >= 15 is 0 Å². The molecule has 0 bridgehead atoms. The summed E-state index contributed by atoms with van der Waals surface area (Å²) in [6, 6.07) is 0.287. The second-order valence-electron chi connectivity index (χ2n) is 6.41. The molecule has 2 atom stereocenters. The second-order valence-corrected chi connectivity index (χ2v) is 6.41. The van der Waals surface area contributed by atoms with Crippen molar-refractivity contribution in [3.8, 4) is 0 Å². The molecule has 4 nitrogen and oxygen atoms in total. The number of carbonyl (C=O) groups excluding carboxylic acids is 1. The van der Waals surface area contributed by atoms with Crippen molar-refractivity contribution in [1.29, 1.82) is 0 Å². The van der Waals surface area contributed by atoms with Gasteiger partial charge in [0, 0.05) is 19.1 Å². The molecule has 1 aliphatic carbocycles. The first-order chi connectivity index (χ1) is 9.13. The number of hydrogen-bond acceptors (Lipinski definition) is 3. The second kappa shape index (κ2) is 6.71. The lowest BCUT2D eigenvalue weighted by atomic mass is 9.71. The standard InChI is InChI=1S/C15H28N2O2/c1-12-9-13(5-8-19-12)17-14(18)10-15(11-16)6-3-2-4-7-15/h12-13H,2-11,16H2,1H3,(H,17,18). The number of nitrogens with two attached hydrogens (primary N) is 1. The molecule has 2 aliphatic rings. The average molecular weight is 268 g/mol. The van der Waals surface area contributed by atoms with E-state index in [1.807, 2.05) is 0 Å². The lowest BCUT2D eigenvalue weighted by molar-refractivity contribution is -0.125. The summed E-state index contributed by atoms with van der Waals surface area (Å²) in [5.41, 5.74) is 6.01. The van der Waals surface area contributed by atoms with Crippen LogP contribution in [0.3, 0.4) is 0 Å². The van der Waals surface area contributed by atoms with E-state index in [1.165, 1.54) is 19.3 Å². The van der Waals surface area contributed by atoms with Gasteiger partial charge in [0.05, 0.1) is 6.10 Å². The van der Waals surface area contributed by atoms with Gasteiger partial charge in [-0.3, -0.25) is 4.79 Å². The Kier molecular flexibility index (Phi) is 5.22. The molecule has 1 saturated carbocycles. The fraction of sp³-hybridized carbons (Fsp3) is 0.933. The van der Waals surface area contributed by atoms with Crippen LogP contribution < -0.4 is 11.1 Å². The number of nitrogens with one attached hydrogen (secondary N) is 1. The molecule has 110 valence electrons. The van der Waals surface area contributed by atoms with Crippen molar-refractivity contribution in [3.63, 3.8) is 0 Å². The normalized spacial score (nSPS) is 30.8. The van der Waals surface area contributed by atoms with Crippen LogP contribution in [0.5, 0.6) is 0 Å². The molecule has 2 unspecified atom stereocenters. The molecule has 0 aromatic rings. The van der Waals surface area contributed by atoms with Crippen molar-refractivity contribution in [2.45, 2.75) is 70.4 Å². The Labute approximate surface area is 116 Å². The molecule has 0 aromatic carbocycles. The van der Waals surface area contributed by atoms with Crippen LogP contribution in [-0.4, -0.2) is 31.2 Å². The lowest BCUT2D eigenvalue weighted by Gasteiger charge is -2.36. The Hall–Kier alpha value is -0.610. The molecule has 19 heavy (non-hydrogen) atoms. The van der Waals surface area contributed by atoms with E-state index in [4.69, 9.17) is 10.5 Å². The summed E-state index contributed by atoms with van der Waals surface area (Å²) in [6.07, 6.45) is 8.69. The van der Waals surface area contributed by atoms with Gasteiger partial charge in [0.25, 0.3) is 0 Å². The van der Waals surface area contributed by atoms with Gasteiger partial charge in [-0.25, -0.2) is 0 Å². The Bertz CT molecular complexity index is 301. The molecule has 3 N–H and O–H groups in total. The van der Waals surface area contributed by atoms with E-state index in [1.54, 1.807) is 0 Å². The van der Waals surface area contributed by atoms with Crippen LogP contribution in [0, 0.1) is 5.41 Å². The Morgan fingerprint density at radius 3 is 2.74 bits per heavy atom. The first kappa shape index (κ1) is 14.8. The summed E-state index contributed by atoms with van der Waals surface area (Å²) in [6.45, 7) is 3.47. The molecular formula is C15H28N2O2. The van der Waals surface area contributed by atoms with Crippen LogP contribution in [0.2, 0.25) is 0 Å². The zero-order valence-electron chi connectivity index (χ0n) is 12.1. The highest BCUT2D eigenvalue weighted by Gasteiger charge is 2.33. The maximum absolute atomic E-state index is 12.2. The molecule has 1 saturated heterocycles. The zero-order valence-corrected chi connectivity index (χ0v) is 12.1. The molecule has 1 aliphatic heterocycles. The maximum atomic E-state index is 12.2. The summed E-state index contributed by atoms with van der Waals surface area (Å²) in [5.74, 6) is 0.187. The highest BCUT2D eigenvalue weighted by Crippen LogP contribution is 2.38. The van der Waals surface area contributed by atoms with E-state index in [0.717, 1.165) is 32.3 Å². The quantitative estimate of drug-likeness (QED) is 0.819. The molecule has 2 fully saturated rings. The minimum atomic E-state index is 0.0686. The fourth-order valence-electron chi connectivity index (χ4n) is 3.50. The van der Waals surface area contributed by atoms with Crippen LogP contribution in [0.1, 0.15) is 58.3 Å². The average Bonchev–Trinajstić information content (AvgIpc) is 2.39. The molecule has 0 spiro atoms. The highest BCUT2D eigenvalue weighted by atomic mass is 16.5. The van der Waals surface area contributed by atoms with E-state index < -0.39 is 0 Å². The van der Waals surface area contributed by atoms with Crippen LogP contribution >= 0.6 is 0 Å². The predicted molar refractivity (Wildman–Crippen MR) is 75.8 cm³/mol. The zero-order chi connectivity index (χ0) is 13.7. The fourth-order valence-corrected chi connectivity index (χ4v) is 3.50. The van der Waals surface area contributed by atoms with Gasteiger partial charge < -0.3 is 15.8 Å². The molecule has 0 radical (unpaired) electrons. The summed E-state index contributed by atoms with van der Waals surface area (Å²) >= 11 is 0. The van der Waals surface area contributed by atoms with Crippen molar-refractivity contribution >= 4 is 5.91 Å². The molecule has 0 aromatic heterocycles. The Morgan fingerprint density at radius 2 is 2.11 bits per heavy atom. The van der Waals surface area contributed by atoms with Crippen LogP contribution in [0.15, 0.2) is 0 Å². The monoisotopic (exact) mass is 268 g/mol. The minimum Gasteiger partial charge on any atom is -0.378 e. The summed E-state index contributed by atoms with van der Waals surface area (Å²) in [4.78, 5) is 12.2. The summed E-state index contributed by atoms with van der Waals surface area (Å²) in [5, 5.41) is 3.18. The third-order valence-electron chi connectivity index (χ3n) is 4.73. The Balaban J connectivity index is 1.82. The van der Waals surface area contributed by atoms with Crippen LogP contribution in [-0.2, 0) is 9.53 Å². The van der Waals surface area contributed by atoms with Gasteiger partial charge in [0.15, 0.2) is 0 Å². The molecule has 1 amide bonds. The van der Waals surface area contributed by atoms with Crippen molar-refractivity contribution in [2.75, 3.05) is 13.2 Å². The predicted octanol–water partition coefficient (Wildman–Crippen LogP) is 1.97. The largest absolute Gasteiger partial charge is 0.378 e. The third kappa shape index (κ3) is 4.18. The summed E-state index contributed by atoms with van der Waals surface area (Å²) < 4.78 is 5.51. The van der Waals surface area contributed by atoms with E-state index in [-0.39, 0.29) is 23.5 Å². The van der Waals surface area contributed by atoms with Gasteiger partial charge in [0.2, 0.25) is 5.91 Å². The van der Waals surface area contributed by atoms with Crippen molar-refractivity contribution in [2.24, 2.45) is 11.1 Å². The first-order valence-electron chi connectivity index (χ1n) is 7.75. The van der Waals surface area contributed by atoms with E-state index in [0.29, 0.717) is 13.0 Å². The summed E-state index contributed by atoms with van der Waals surface area (Å²) in [7, 11) is 0. The van der Waals surface area contributed by atoms with Crippen LogP contribution in [0.25, 0.3) is 0 Å². The van der Waals surface area contributed by atoms with Gasteiger partial charge in [-0.2, -0.15) is 0 Å². The molecule has 4 heteroatoms. The maximum Gasteiger partial charge on any atom is 0.220 e. The molecule has 2 rings (SSSR count). The van der Waals surface area contributed by atoms with E-state index in [2.05, 4.69) is 12.2 Å². The number of amides is 1. The third-order valence-corrected chi connectivity index (χ3v) is 4.73. The number of ether oxygens (including phenoxy) is 1. The van der Waals surface area contributed by atoms with Crippen molar-refractivity contribution < 1.29 is 9.53 Å². The smallest absolute Gasteiger partial charge is 0.220 e. The van der Waals surface area contributed by atoms with Crippen LogP contribution in [0.4, 0.5) is 0 Å². The SMILES string of the molecule is CC1CC(NC(=O)CC2(CN)CCCCC2)CCO1. The first-order valence-corrected chi connectivity index (χ1v) is 7.75. The van der Waals surface area contributed by atoms with Gasteiger partial charge in [-0.15, -0.1) is 0 Å².